The van der Waals surface area contributed by atoms with E-state index in [1.54, 1.807) is 13.8 Å². The third-order valence-corrected chi connectivity index (χ3v) is 2.39. The first kappa shape index (κ1) is 23.3. The standard InChI is InChI=1S/2C6H10O3.In.3H/c2*1-3-5(4(2)7)6(8)9;;;;/h2*5H,3H2,1-2H3,(H,8,9);;;;. The fourth-order valence-electron chi connectivity index (χ4n) is 1.27. The molecule has 0 aromatic heterocycles. The van der Waals surface area contributed by atoms with Gasteiger partial charge in [0.2, 0.25) is 0 Å². The first-order valence-corrected chi connectivity index (χ1v) is 5.65. The summed E-state index contributed by atoms with van der Waals surface area (Å²) in [5.41, 5.74) is 0. The number of carbonyl (C=O) groups excluding carboxylic acids is 2. The maximum atomic E-state index is 10.4. The van der Waals surface area contributed by atoms with E-state index in [1.165, 1.54) is 13.8 Å². The van der Waals surface area contributed by atoms with Crippen LogP contribution in [-0.2, 0) is 19.2 Å². The molecule has 0 aliphatic heterocycles. The van der Waals surface area contributed by atoms with Crippen LogP contribution < -0.4 is 0 Å². The third-order valence-electron chi connectivity index (χ3n) is 2.39. The molecule has 0 rings (SSSR count). The van der Waals surface area contributed by atoms with Gasteiger partial charge in [0.05, 0.1) is 0 Å². The van der Waals surface area contributed by atoms with Crippen LogP contribution in [-0.4, -0.2) is 59.6 Å². The van der Waals surface area contributed by atoms with Crippen molar-refractivity contribution >= 4 is 49.3 Å². The fourth-order valence-corrected chi connectivity index (χ4v) is 1.27. The van der Waals surface area contributed by atoms with E-state index in [0.29, 0.717) is 12.8 Å². The Morgan fingerprint density at radius 1 is 0.789 bits per heavy atom. The number of carbonyl (C=O) groups is 4. The minimum absolute atomic E-state index is 0. The molecular formula is C12H23InO6. The molecule has 0 aliphatic carbocycles. The maximum absolute atomic E-state index is 10.4. The Morgan fingerprint density at radius 2 is 1.00 bits per heavy atom. The van der Waals surface area contributed by atoms with E-state index in [1.807, 2.05) is 0 Å². The van der Waals surface area contributed by atoms with Crippen LogP contribution in [0.2, 0.25) is 0 Å². The van der Waals surface area contributed by atoms with Crippen LogP contribution in [0.4, 0.5) is 0 Å². The van der Waals surface area contributed by atoms with Crippen LogP contribution >= 0.6 is 0 Å². The van der Waals surface area contributed by atoms with Crippen molar-refractivity contribution in [1.29, 1.82) is 0 Å². The molecule has 0 radical (unpaired) electrons. The third kappa shape index (κ3) is 10.7. The predicted octanol–water partition coefficient (Wildman–Crippen LogP) is 0.188. The zero-order chi connectivity index (χ0) is 14.9. The molecule has 19 heavy (non-hydrogen) atoms. The summed E-state index contributed by atoms with van der Waals surface area (Å²) < 4.78 is 0. The number of carboxylic acids is 2. The van der Waals surface area contributed by atoms with Gasteiger partial charge in [-0.3, -0.25) is 19.2 Å². The Morgan fingerprint density at radius 3 is 1.00 bits per heavy atom. The monoisotopic (exact) mass is 378 g/mol. The molecule has 7 heteroatoms. The molecule has 0 aromatic rings. The SMILES string of the molecule is CCC(C(C)=O)C(=O)O.CCC(C(C)=O)C(=O)O.[InH3]. The van der Waals surface area contributed by atoms with E-state index in [-0.39, 0.29) is 37.4 Å². The summed E-state index contributed by atoms with van der Waals surface area (Å²) in [6.45, 7) is 5.95. The Hall–Kier alpha value is -0.850. The molecule has 0 fully saturated rings. The van der Waals surface area contributed by atoms with E-state index in [9.17, 15) is 19.2 Å². The number of Topliss-reactive ketones (excluding diaryl/α,β-unsaturated/α-hetero) is 2. The van der Waals surface area contributed by atoms with Crippen LogP contribution in [0.25, 0.3) is 0 Å². The molecule has 0 aliphatic rings. The molecule has 0 bridgehead atoms. The molecule has 110 valence electrons. The summed E-state index contributed by atoms with van der Waals surface area (Å²) in [6.07, 6.45) is 0.759. The van der Waals surface area contributed by atoms with Gasteiger partial charge in [-0.15, -0.1) is 0 Å². The van der Waals surface area contributed by atoms with Crippen LogP contribution in [0.15, 0.2) is 0 Å². The van der Waals surface area contributed by atoms with Crippen LogP contribution in [0.1, 0.15) is 40.5 Å². The van der Waals surface area contributed by atoms with Crippen molar-refractivity contribution in [1.82, 2.24) is 0 Å². The summed E-state index contributed by atoms with van der Waals surface area (Å²) in [6, 6.07) is 0. The zero-order valence-electron chi connectivity index (χ0n) is 11.1. The van der Waals surface area contributed by atoms with E-state index in [4.69, 9.17) is 10.2 Å². The molecule has 2 unspecified atom stereocenters. The molecule has 2 atom stereocenters. The van der Waals surface area contributed by atoms with E-state index in [2.05, 4.69) is 0 Å². The quantitative estimate of drug-likeness (QED) is 0.639. The van der Waals surface area contributed by atoms with Crippen molar-refractivity contribution in [3.8, 4) is 0 Å². The second kappa shape index (κ2) is 12.2. The zero-order valence-corrected chi connectivity index (χ0v) is 11.1. The summed E-state index contributed by atoms with van der Waals surface area (Å²) in [5, 5.41) is 16.6. The molecule has 0 saturated carbocycles. The van der Waals surface area contributed by atoms with Gasteiger partial charge in [-0.25, -0.2) is 0 Å². The number of carboxylic acid groups (broad SMARTS) is 2. The average molecular weight is 378 g/mol. The van der Waals surface area contributed by atoms with Crippen LogP contribution in [0, 0.1) is 11.8 Å². The second-order valence-corrected chi connectivity index (χ2v) is 3.82. The summed E-state index contributed by atoms with van der Waals surface area (Å²) in [5.74, 6) is -4.19. The van der Waals surface area contributed by atoms with Gasteiger partial charge in [0.25, 0.3) is 0 Å². The summed E-state index contributed by atoms with van der Waals surface area (Å²) >= 11 is 0. The van der Waals surface area contributed by atoms with E-state index >= 15 is 0 Å². The van der Waals surface area contributed by atoms with Crippen molar-refractivity contribution in [2.75, 3.05) is 0 Å². The van der Waals surface area contributed by atoms with Gasteiger partial charge >= 0.3 is 37.8 Å². The first-order valence-electron chi connectivity index (χ1n) is 5.65. The van der Waals surface area contributed by atoms with E-state index in [0.717, 1.165) is 0 Å². The normalized spacial score (nSPS) is 12.0. The van der Waals surface area contributed by atoms with Crippen molar-refractivity contribution in [2.45, 2.75) is 40.5 Å². The van der Waals surface area contributed by atoms with Crippen LogP contribution in [0.3, 0.4) is 0 Å². The molecular weight excluding hydrogens is 355 g/mol. The Labute approximate surface area is 131 Å². The molecule has 0 aromatic carbocycles. The van der Waals surface area contributed by atoms with Crippen molar-refractivity contribution in [2.24, 2.45) is 11.8 Å². The minimum atomic E-state index is -1.02. The number of ketones is 2. The Kier molecular flexibility index (Phi) is 14.9. The predicted molar refractivity (Wildman–Crippen MR) is 74.1 cm³/mol. The van der Waals surface area contributed by atoms with Gasteiger partial charge < -0.3 is 10.2 Å². The van der Waals surface area contributed by atoms with Crippen molar-refractivity contribution < 1.29 is 29.4 Å². The summed E-state index contributed by atoms with van der Waals surface area (Å²) in [4.78, 5) is 41.2. The van der Waals surface area contributed by atoms with Gasteiger partial charge in [0, 0.05) is 0 Å². The van der Waals surface area contributed by atoms with Gasteiger partial charge in [0.1, 0.15) is 23.4 Å². The molecule has 6 nitrogen and oxygen atoms in total. The topological polar surface area (TPSA) is 109 Å². The Bertz CT molecular complexity index is 266. The van der Waals surface area contributed by atoms with Gasteiger partial charge in [0.15, 0.2) is 0 Å². The summed E-state index contributed by atoms with van der Waals surface area (Å²) in [7, 11) is 0. The van der Waals surface area contributed by atoms with Crippen LogP contribution in [0.5, 0.6) is 0 Å². The van der Waals surface area contributed by atoms with Crippen molar-refractivity contribution in [3.63, 3.8) is 0 Å². The second-order valence-electron chi connectivity index (χ2n) is 3.82. The van der Waals surface area contributed by atoms with Crippen molar-refractivity contribution in [3.05, 3.63) is 0 Å². The van der Waals surface area contributed by atoms with Gasteiger partial charge in [-0.05, 0) is 26.7 Å². The average Bonchev–Trinajstić information content (AvgIpc) is 2.17. The molecule has 0 heterocycles. The number of aliphatic carboxylic acids is 2. The first-order chi connectivity index (χ1) is 8.18. The fraction of sp³-hybridized carbons (Fsp3) is 0.667. The number of rotatable bonds is 6. The molecule has 2 N–H and O–H groups in total. The molecule has 0 amide bonds. The molecule has 0 saturated heterocycles. The Balaban J connectivity index is -0.000000256. The molecule has 0 spiro atoms. The van der Waals surface area contributed by atoms with Gasteiger partial charge in [-0.1, -0.05) is 13.8 Å². The number of hydrogen-bond acceptors (Lipinski definition) is 4. The number of hydrogen-bond donors (Lipinski definition) is 2. The van der Waals surface area contributed by atoms with Gasteiger partial charge in [-0.2, -0.15) is 0 Å². The van der Waals surface area contributed by atoms with E-state index < -0.39 is 23.8 Å².